The molecule has 0 saturated carbocycles. The van der Waals surface area contributed by atoms with E-state index < -0.39 is 12.1 Å². The minimum absolute atomic E-state index is 0.0475. The van der Waals surface area contributed by atoms with Crippen LogP contribution in [0.15, 0.2) is 39.3 Å². The van der Waals surface area contributed by atoms with Crippen molar-refractivity contribution < 1.29 is 23.8 Å². The van der Waals surface area contributed by atoms with Crippen molar-refractivity contribution >= 4 is 49.5 Å². The molecule has 1 N–H and O–H groups in total. The molecule has 33 heavy (non-hydrogen) atoms. The highest BCUT2D eigenvalue weighted by atomic mass is 79.9. The average molecular weight is 591 g/mol. The van der Waals surface area contributed by atoms with Crippen LogP contribution in [0.2, 0.25) is 0 Å². The van der Waals surface area contributed by atoms with Gasteiger partial charge in [-0.05, 0) is 73.9 Å². The number of amides is 1. The van der Waals surface area contributed by atoms with Crippen LogP contribution in [0.4, 0.5) is 4.79 Å². The highest BCUT2D eigenvalue weighted by Crippen LogP contribution is 2.38. The van der Waals surface area contributed by atoms with Gasteiger partial charge in [0, 0.05) is 6.08 Å². The Hall–Kier alpha value is -1.80. The normalized spacial score (nSPS) is 10.2. The third kappa shape index (κ3) is 11.3. The predicted molar refractivity (Wildman–Crippen MR) is 141 cm³/mol. The van der Waals surface area contributed by atoms with Crippen LogP contribution < -0.4 is 10.1 Å². The number of carbonyl (C=O) groups is 2. The van der Waals surface area contributed by atoms with Crippen LogP contribution in [0, 0.1) is 11.8 Å². The fraction of sp³-hybridized carbons (Fsp3) is 0.520. The number of nitrogens with one attached hydrogen (secondary N) is 1. The molecule has 0 atom stereocenters. The molecule has 0 bridgehead atoms. The van der Waals surface area contributed by atoms with Gasteiger partial charge in [0.2, 0.25) is 0 Å². The first-order valence-electron chi connectivity index (χ1n) is 11.1. The van der Waals surface area contributed by atoms with Gasteiger partial charge in [0.25, 0.3) is 0 Å². The van der Waals surface area contributed by atoms with E-state index in [9.17, 15) is 9.59 Å². The van der Waals surface area contributed by atoms with Crippen LogP contribution in [-0.4, -0.2) is 38.4 Å². The fourth-order valence-corrected chi connectivity index (χ4v) is 4.72. The monoisotopic (exact) mass is 589 g/mol. The number of benzene rings is 1. The summed E-state index contributed by atoms with van der Waals surface area (Å²) in [6, 6.07) is 4.08. The van der Waals surface area contributed by atoms with Crippen LogP contribution in [0.25, 0.3) is 5.57 Å². The van der Waals surface area contributed by atoms with E-state index >= 15 is 0 Å². The maximum Gasteiger partial charge on any atom is 0.407 e. The molecule has 0 spiro atoms. The van der Waals surface area contributed by atoms with Crippen LogP contribution in [0.5, 0.6) is 5.75 Å². The number of alkyl carbamates (subject to hydrolysis) is 1. The number of allylic oxidation sites excluding steroid dienone is 2. The standard InChI is InChI=1S/C23H31Br2NO5.C2H6/c1-7-20(27)29-9-8-26-23(28)31-11-10-30-22-18(24)12-17(13-19(22)25)16(6)21(14(2)3)15(4)5;1-2/h7,12-15H,1,8-11H2,2-6H3,(H,26,28);1-2H3. The summed E-state index contributed by atoms with van der Waals surface area (Å²) >= 11 is 7.17. The Morgan fingerprint density at radius 2 is 1.55 bits per heavy atom. The first-order valence-corrected chi connectivity index (χ1v) is 12.7. The summed E-state index contributed by atoms with van der Waals surface area (Å²) in [7, 11) is 0. The summed E-state index contributed by atoms with van der Waals surface area (Å²) in [6.45, 7) is 18.7. The molecule has 0 aromatic heterocycles. The SMILES string of the molecule is C=CC(=O)OCCNC(=O)OCCOc1c(Br)cc(C(C)=C(C(C)C)C(C)C)cc1Br.CC. The zero-order valence-electron chi connectivity index (χ0n) is 20.7. The van der Waals surface area contributed by atoms with Gasteiger partial charge < -0.3 is 19.5 Å². The highest BCUT2D eigenvalue weighted by molar-refractivity contribution is 9.11. The number of ether oxygens (including phenoxy) is 3. The molecule has 0 fully saturated rings. The summed E-state index contributed by atoms with van der Waals surface area (Å²) in [4.78, 5) is 22.5. The van der Waals surface area contributed by atoms with Crippen molar-refractivity contribution in [3.63, 3.8) is 0 Å². The summed E-state index contributed by atoms with van der Waals surface area (Å²) in [5, 5.41) is 2.48. The van der Waals surface area contributed by atoms with Gasteiger partial charge in [0.15, 0.2) is 0 Å². The topological polar surface area (TPSA) is 73.9 Å². The Balaban J connectivity index is 0.00000497. The number of hydrogen-bond donors (Lipinski definition) is 1. The molecule has 0 aliphatic carbocycles. The van der Waals surface area contributed by atoms with E-state index in [1.165, 1.54) is 11.1 Å². The summed E-state index contributed by atoms with van der Waals surface area (Å²) in [5.74, 6) is 1.03. The van der Waals surface area contributed by atoms with Gasteiger partial charge in [-0.3, -0.25) is 0 Å². The molecule has 1 aromatic carbocycles. The zero-order valence-corrected chi connectivity index (χ0v) is 23.9. The lowest BCUT2D eigenvalue weighted by atomic mass is 9.86. The Morgan fingerprint density at radius 1 is 1.00 bits per heavy atom. The second-order valence-corrected chi connectivity index (χ2v) is 9.15. The first kappa shape index (κ1) is 31.2. The molecule has 0 radical (unpaired) electrons. The molecule has 1 amide bonds. The number of rotatable bonds is 11. The minimum Gasteiger partial charge on any atom is -0.488 e. The highest BCUT2D eigenvalue weighted by Gasteiger charge is 2.16. The molecule has 8 heteroatoms. The lowest BCUT2D eigenvalue weighted by Gasteiger charge is -2.21. The number of hydrogen-bond acceptors (Lipinski definition) is 5. The number of carbonyl (C=O) groups excluding carboxylic acids is 2. The maximum absolute atomic E-state index is 11.6. The van der Waals surface area contributed by atoms with Crippen LogP contribution >= 0.6 is 31.9 Å². The third-order valence-corrected chi connectivity index (χ3v) is 5.63. The van der Waals surface area contributed by atoms with E-state index in [-0.39, 0.29) is 26.4 Å². The smallest absolute Gasteiger partial charge is 0.407 e. The average Bonchev–Trinajstić information content (AvgIpc) is 2.76. The minimum atomic E-state index is -0.609. The number of esters is 1. The van der Waals surface area contributed by atoms with Crippen LogP contribution in [-0.2, 0) is 14.3 Å². The molecule has 186 valence electrons. The van der Waals surface area contributed by atoms with Crippen molar-refractivity contribution in [1.82, 2.24) is 5.32 Å². The molecule has 0 heterocycles. The van der Waals surface area contributed by atoms with Gasteiger partial charge >= 0.3 is 12.1 Å². The van der Waals surface area contributed by atoms with E-state index in [4.69, 9.17) is 14.2 Å². The summed E-state index contributed by atoms with van der Waals surface area (Å²) in [6.07, 6.45) is 0.450. The molecule has 0 unspecified atom stereocenters. The number of halogens is 2. The van der Waals surface area contributed by atoms with E-state index in [0.29, 0.717) is 17.6 Å². The lowest BCUT2D eigenvalue weighted by molar-refractivity contribution is -0.137. The molecule has 1 aromatic rings. The first-order chi connectivity index (χ1) is 15.6. The van der Waals surface area contributed by atoms with Gasteiger partial charge in [-0.1, -0.05) is 53.7 Å². The Labute approximate surface area is 215 Å². The Bertz CT molecular complexity index is 786. The molecule has 1 rings (SSSR count). The fourth-order valence-electron chi connectivity index (χ4n) is 3.31. The molecular weight excluding hydrogens is 554 g/mol. The summed E-state index contributed by atoms with van der Waals surface area (Å²) in [5.41, 5.74) is 3.80. The van der Waals surface area contributed by atoms with E-state index in [2.05, 4.69) is 78.4 Å². The Kier molecular flexibility index (Phi) is 15.8. The second-order valence-electron chi connectivity index (χ2n) is 7.44. The maximum atomic E-state index is 11.6. The lowest BCUT2D eigenvalue weighted by Crippen LogP contribution is -2.29. The largest absolute Gasteiger partial charge is 0.488 e. The van der Waals surface area contributed by atoms with Gasteiger partial charge in [0.1, 0.15) is 25.6 Å². The molecular formula is C25H37Br2NO5. The van der Waals surface area contributed by atoms with Crippen molar-refractivity contribution in [1.29, 1.82) is 0 Å². The van der Waals surface area contributed by atoms with Crippen LogP contribution in [0.1, 0.15) is 54.0 Å². The van der Waals surface area contributed by atoms with Gasteiger partial charge in [0.05, 0.1) is 15.5 Å². The van der Waals surface area contributed by atoms with Crippen molar-refractivity contribution in [2.45, 2.75) is 48.5 Å². The van der Waals surface area contributed by atoms with E-state index in [1.54, 1.807) is 0 Å². The third-order valence-electron chi connectivity index (χ3n) is 4.45. The molecule has 6 nitrogen and oxygen atoms in total. The van der Waals surface area contributed by atoms with Crippen LogP contribution in [0.3, 0.4) is 0 Å². The summed E-state index contributed by atoms with van der Waals surface area (Å²) < 4.78 is 17.2. The molecule has 0 aliphatic heterocycles. The molecule has 0 saturated heterocycles. The second kappa shape index (κ2) is 16.8. The van der Waals surface area contributed by atoms with Gasteiger partial charge in [-0.15, -0.1) is 0 Å². The predicted octanol–water partition coefficient (Wildman–Crippen LogP) is 7.16. The quantitative estimate of drug-likeness (QED) is 0.168. The van der Waals surface area contributed by atoms with Crippen molar-refractivity contribution in [2.75, 3.05) is 26.4 Å². The van der Waals surface area contributed by atoms with E-state index in [0.717, 1.165) is 20.6 Å². The van der Waals surface area contributed by atoms with Crippen molar-refractivity contribution in [3.05, 3.63) is 44.9 Å². The Morgan fingerprint density at radius 3 is 2.03 bits per heavy atom. The van der Waals surface area contributed by atoms with Crippen molar-refractivity contribution in [2.24, 2.45) is 11.8 Å². The zero-order chi connectivity index (χ0) is 25.6. The van der Waals surface area contributed by atoms with Gasteiger partial charge in [-0.2, -0.15) is 0 Å². The van der Waals surface area contributed by atoms with E-state index in [1.807, 2.05) is 26.0 Å². The van der Waals surface area contributed by atoms with Crippen molar-refractivity contribution in [3.8, 4) is 5.75 Å². The van der Waals surface area contributed by atoms with Gasteiger partial charge in [-0.25, -0.2) is 9.59 Å². The molecule has 0 aliphatic rings.